The van der Waals surface area contributed by atoms with Gasteiger partial charge in [-0.05, 0) is 19.4 Å². The molecule has 0 saturated heterocycles. The van der Waals surface area contributed by atoms with Crippen LogP contribution in [0.1, 0.15) is 24.2 Å². The number of rotatable bonds is 5. The van der Waals surface area contributed by atoms with Gasteiger partial charge in [-0.25, -0.2) is 9.67 Å². The number of aromatic nitrogens is 6. The van der Waals surface area contributed by atoms with Crippen LogP contribution >= 0.6 is 0 Å². The van der Waals surface area contributed by atoms with Crippen LogP contribution in [0.25, 0.3) is 22.6 Å². The topological polar surface area (TPSA) is 64.3 Å². The van der Waals surface area contributed by atoms with E-state index in [1.807, 2.05) is 53.0 Å². The molecule has 0 amide bonds. The van der Waals surface area contributed by atoms with Crippen molar-refractivity contribution in [3.05, 3.63) is 66.6 Å². The van der Waals surface area contributed by atoms with Crippen molar-refractivity contribution in [2.24, 2.45) is 0 Å². The normalized spacial score (nSPS) is 12.6. The predicted octanol–water partition coefficient (Wildman–Crippen LogP) is 3.73. The number of H-pyrrole nitrogens is 1. The van der Waals surface area contributed by atoms with Crippen LogP contribution in [0.3, 0.4) is 0 Å². The summed E-state index contributed by atoms with van der Waals surface area (Å²) in [6.45, 7) is 8.55. The fraction of sp³-hybridized carbons (Fsp3) is 0.211. The lowest BCUT2D eigenvalue weighted by Crippen LogP contribution is -2.08. The summed E-state index contributed by atoms with van der Waals surface area (Å²) in [5.74, 6) is 0.814. The van der Waals surface area contributed by atoms with Gasteiger partial charge in [-0.1, -0.05) is 36.4 Å². The first-order valence-electron chi connectivity index (χ1n) is 8.31. The van der Waals surface area contributed by atoms with Gasteiger partial charge in [0.05, 0.1) is 30.0 Å². The molecule has 126 valence electrons. The fourth-order valence-electron chi connectivity index (χ4n) is 3.08. The molecule has 0 aliphatic carbocycles. The van der Waals surface area contributed by atoms with Crippen LogP contribution in [-0.2, 0) is 6.54 Å². The third kappa shape index (κ3) is 2.65. The molecular formula is C19H20N6. The molecule has 6 nitrogen and oxygen atoms in total. The minimum absolute atomic E-state index is 0.111. The summed E-state index contributed by atoms with van der Waals surface area (Å²) in [5.41, 5.74) is 4.91. The van der Waals surface area contributed by atoms with Gasteiger partial charge in [0.25, 0.3) is 0 Å². The molecule has 1 aromatic carbocycles. The zero-order valence-corrected chi connectivity index (χ0v) is 14.3. The Bertz CT molecular complexity index is 1020. The minimum atomic E-state index is 0.111. The smallest absolute Gasteiger partial charge is 0.177 e. The summed E-state index contributed by atoms with van der Waals surface area (Å²) in [4.78, 5) is 8.15. The number of nitrogens with one attached hydrogen (secondary N) is 1. The van der Waals surface area contributed by atoms with Crippen molar-refractivity contribution < 1.29 is 0 Å². The Morgan fingerprint density at radius 2 is 2.08 bits per heavy atom. The molecule has 25 heavy (non-hydrogen) atoms. The summed E-state index contributed by atoms with van der Waals surface area (Å²) >= 11 is 0. The zero-order chi connectivity index (χ0) is 17.4. The molecule has 3 aromatic heterocycles. The molecule has 0 radical (unpaired) electrons. The lowest BCUT2D eigenvalue weighted by molar-refractivity contribution is 0.579. The van der Waals surface area contributed by atoms with E-state index in [1.54, 1.807) is 0 Å². The molecule has 0 aliphatic rings. The Balaban J connectivity index is 1.75. The van der Waals surface area contributed by atoms with Gasteiger partial charge in [0.2, 0.25) is 0 Å². The van der Waals surface area contributed by atoms with E-state index in [4.69, 9.17) is 4.98 Å². The van der Waals surface area contributed by atoms with E-state index in [-0.39, 0.29) is 6.04 Å². The van der Waals surface area contributed by atoms with E-state index in [1.165, 1.54) is 5.56 Å². The molecule has 6 heteroatoms. The summed E-state index contributed by atoms with van der Waals surface area (Å²) in [6.07, 6.45) is 5.65. The third-order valence-corrected chi connectivity index (χ3v) is 4.41. The van der Waals surface area contributed by atoms with E-state index in [0.29, 0.717) is 6.54 Å². The zero-order valence-electron chi connectivity index (χ0n) is 14.3. The Morgan fingerprint density at radius 3 is 2.84 bits per heavy atom. The van der Waals surface area contributed by atoms with Crippen molar-refractivity contribution in [2.45, 2.75) is 26.4 Å². The number of fused-ring (bicyclic) bond motifs is 1. The molecule has 0 fully saturated rings. The standard InChI is InChI=1S/C19H20N6/c1-4-10-24-12-16(13(2)23-24)18-21-17-11-20-25(19(17)22-18)14(3)15-8-6-5-7-9-15/h4-9,11-12,14H,1,10H2,2-3H3,(H,21,22). The van der Waals surface area contributed by atoms with Gasteiger partial charge < -0.3 is 4.98 Å². The fourth-order valence-corrected chi connectivity index (χ4v) is 3.08. The molecular weight excluding hydrogens is 312 g/mol. The quantitative estimate of drug-likeness (QED) is 0.566. The molecule has 0 bridgehead atoms. The number of allylic oxidation sites excluding steroid dienone is 1. The molecule has 1 N–H and O–H groups in total. The number of hydrogen-bond acceptors (Lipinski definition) is 3. The second-order valence-corrected chi connectivity index (χ2v) is 6.14. The SMILES string of the molecule is C=CCn1cc(-c2nc3c(cnn3C(C)c3ccccc3)[nH]2)c(C)n1. The van der Waals surface area contributed by atoms with Crippen molar-refractivity contribution >= 4 is 11.2 Å². The van der Waals surface area contributed by atoms with Crippen LogP contribution in [0.15, 0.2) is 55.4 Å². The maximum atomic E-state index is 4.79. The number of hydrogen-bond donors (Lipinski definition) is 1. The van der Waals surface area contributed by atoms with Gasteiger partial charge in [0, 0.05) is 6.20 Å². The van der Waals surface area contributed by atoms with Crippen LogP contribution in [0.5, 0.6) is 0 Å². The molecule has 1 unspecified atom stereocenters. The molecule has 4 aromatic rings. The molecule has 0 saturated carbocycles. The molecule has 1 atom stereocenters. The summed E-state index contributed by atoms with van der Waals surface area (Å²) in [7, 11) is 0. The monoisotopic (exact) mass is 332 g/mol. The van der Waals surface area contributed by atoms with Gasteiger partial charge in [-0.3, -0.25) is 4.68 Å². The summed E-state index contributed by atoms with van der Waals surface area (Å²) in [6, 6.07) is 10.4. The Morgan fingerprint density at radius 1 is 1.28 bits per heavy atom. The number of aromatic amines is 1. The van der Waals surface area contributed by atoms with E-state index >= 15 is 0 Å². The van der Waals surface area contributed by atoms with E-state index in [9.17, 15) is 0 Å². The first-order chi connectivity index (χ1) is 12.2. The van der Waals surface area contributed by atoms with Crippen molar-refractivity contribution in [2.75, 3.05) is 0 Å². The lowest BCUT2D eigenvalue weighted by Gasteiger charge is -2.12. The van der Waals surface area contributed by atoms with Crippen LogP contribution in [0.2, 0.25) is 0 Å². The maximum absolute atomic E-state index is 4.79. The highest BCUT2D eigenvalue weighted by molar-refractivity contribution is 5.76. The van der Waals surface area contributed by atoms with Gasteiger partial charge in [0.15, 0.2) is 5.65 Å². The van der Waals surface area contributed by atoms with Crippen LogP contribution < -0.4 is 0 Å². The van der Waals surface area contributed by atoms with Crippen LogP contribution in [0.4, 0.5) is 0 Å². The minimum Gasteiger partial charge on any atom is -0.335 e. The number of imidazole rings is 1. The number of aryl methyl sites for hydroxylation is 1. The van der Waals surface area contributed by atoms with E-state index < -0.39 is 0 Å². The van der Waals surface area contributed by atoms with Gasteiger partial charge in [-0.2, -0.15) is 10.2 Å². The highest BCUT2D eigenvalue weighted by Crippen LogP contribution is 2.26. The van der Waals surface area contributed by atoms with E-state index in [2.05, 4.69) is 40.8 Å². The first kappa shape index (κ1) is 15.4. The Kier molecular flexibility index (Phi) is 3.72. The average Bonchev–Trinajstić information content (AvgIpc) is 3.29. The van der Waals surface area contributed by atoms with Gasteiger partial charge in [-0.15, -0.1) is 6.58 Å². The third-order valence-electron chi connectivity index (χ3n) is 4.41. The second-order valence-electron chi connectivity index (χ2n) is 6.14. The summed E-state index contributed by atoms with van der Waals surface area (Å²) < 4.78 is 3.82. The molecule has 4 rings (SSSR count). The van der Waals surface area contributed by atoms with Crippen molar-refractivity contribution in [3.63, 3.8) is 0 Å². The molecule has 0 aliphatic heterocycles. The van der Waals surface area contributed by atoms with Crippen LogP contribution in [0, 0.1) is 6.92 Å². The number of benzene rings is 1. The largest absolute Gasteiger partial charge is 0.335 e. The van der Waals surface area contributed by atoms with Gasteiger partial charge >= 0.3 is 0 Å². The predicted molar refractivity (Wildman–Crippen MR) is 98.3 cm³/mol. The van der Waals surface area contributed by atoms with Gasteiger partial charge in [0.1, 0.15) is 11.3 Å². The van der Waals surface area contributed by atoms with Crippen molar-refractivity contribution in [1.29, 1.82) is 0 Å². The molecule has 3 heterocycles. The number of nitrogens with zero attached hydrogens (tertiary/aromatic N) is 5. The maximum Gasteiger partial charge on any atom is 0.177 e. The highest BCUT2D eigenvalue weighted by Gasteiger charge is 2.17. The Hall–Kier alpha value is -3.15. The lowest BCUT2D eigenvalue weighted by atomic mass is 10.1. The van der Waals surface area contributed by atoms with E-state index in [0.717, 1.165) is 28.2 Å². The molecule has 0 spiro atoms. The van der Waals surface area contributed by atoms with Crippen molar-refractivity contribution in [1.82, 2.24) is 29.5 Å². The van der Waals surface area contributed by atoms with Crippen LogP contribution in [-0.4, -0.2) is 29.5 Å². The Labute approximate surface area is 145 Å². The first-order valence-corrected chi connectivity index (χ1v) is 8.31. The average molecular weight is 332 g/mol. The highest BCUT2D eigenvalue weighted by atomic mass is 15.3. The van der Waals surface area contributed by atoms with Crippen molar-refractivity contribution in [3.8, 4) is 11.4 Å². The summed E-state index contributed by atoms with van der Waals surface area (Å²) in [5, 5.41) is 9.01. The second kappa shape index (κ2) is 6.05.